The molecule has 0 bridgehead atoms. The molecule has 8 heteroatoms. The Morgan fingerprint density at radius 1 is 1.53 bits per heavy atom. The van der Waals surface area contributed by atoms with Crippen molar-refractivity contribution in [1.82, 2.24) is 25.5 Å². The van der Waals surface area contributed by atoms with Crippen LogP contribution in [0.3, 0.4) is 0 Å². The molecule has 2 aromatic rings. The number of carbonyl (C=O) groups excluding carboxylic acids is 1. The number of halogens is 1. The lowest BCUT2D eigenvalue weighted by atomic mass is 10.1. The van der Waals surface area contributed by atoms with Gasteiger partial charge in [0.15, 0.2) is 5.65 Å². The molecule has 0 saturated carbocycles. The predicted molar refractivity (Wildman–Crippen MR) is 71.1 cm³/mol. The standard InChI is InChI=1S/C11H13ClN6O/c1-2-7-10(19)13-3-4-18(7)9-6-5-14-17-8(6)15-11(12)16-9/h5,7H,2-4H2,1H3,(H,13,19)(H,14,15,16,17). The summed E-state index contributed by atoms with van der Waals surface area (Å²) in [6.07, 6.45) is 2.35. The number of fused-ring (bicyclic) bond motifs is 1. The van der Waals surface area contributed by atoms with E-state index in [1.165, 1.54) is 0 Å². The SMILES string of the molecule is CCC1C(=O)NCCN1c1nc(Cl)nc2[nH]ncc12. The lowest BCUT2D eigenvalue weighted by molar-refractivity contribution is -0.123. The normalized spacial score (nSPS) is 19.8. The molecule has 0 aromatic carbocycles. The van der Waals surface area contributed by atoms with Crippen molar-refractivity contribution in [3.05, 3.63) is 11.5 Å². The van der Waals surface area contributed by atoms with Gasteiger partial charge in [-0.2, -0.15) is 15.1 Å². The molecule has 3 heterocycles. The number of hydrogen-bond donors (Lipinski definition) is 2. The minimum atomic E-state index is -0.238. The molecule has 1 saturated heterocycles. The van der Waals surface area contributed by atoms with Crippen molar-refractivity contribution in [2.75, 3.05) is 18.0 Å². The predicted octanol–water partition coefficient (Wildman–Crippen LogP) is 0.721. The van der Waals surface area contributed by atoms with E-state index < -0.39 is 0 Å². The molecule has 1 amide bonds. The molecule has 3 rings (SSSR count). The Labute approximate surface area is 114 Å². The molecule has 19 heavy (non-hydrogen) atoms. The quantitative estimate of drug-likeness (QED) is 0.792. The maximum absolute atomic E-state index is 11.9. The second-order valence-electron chi connectivity index (χ2n) is 4.36. The third-order valence-electron chi connectivity index (χ3n) is 3.25. The fourth-order valence-electron chi connectivity index (χ4n) is 2.39. The van der Waals surface area contributed by atoms with Gasteiger partial charge in [-0.15, -0.1) is 0 Å². The van der Waals surface area contributed by atoms with Crippen molar-refractivity contribution in [2.45, 2.75) is 19.4 Å². The third-order valence-corrected chi connectivity index (χ3v) is 3.42. The van der Waals surface area contributed by atoms with Crippen molar-refractivity contribution < 1.29 is 4.79 Å². The van der Waals surface area contributed by atoms with E-state index >= 15 is 0 Å². The van der Waals surface area contributed by atoms with Gasteiger partial charge in [0, 0.05) is 13.1 Å². The van der Waals surface area contributed by atoms with E-state index in [4.69, 9.17) is 11.6 Å². The highest BCUT2D eigenvalue weighted by Gasteiger charge is 2.30. The summed E-state index contributed by atoms with van der Waals surface area (Å²) in [7, 11) is 0. The summed E-state index contributed by atoms with van der Waals surface area (Å²) >= 11 is 5.93. The van der Waals surface area contributed by atoms with Crippen molar-refractivity contribution >= 4 is 34.4 Å². The molecule has 0 aliphatic carbocycles. The summed E-state index contributed by atoms with van der Waals surface area (Å²) in [4.78, 5) is 22.2. The molecular formula is C11H13ClN6O. The number of nitrogens with zero attached hydrogens (tertiary/aromatic N) is 4. The first kappa shape index (κ1) is 12.2. The Morgan fingerprint density at radius 2 is 2.37 bits per heavy atom. The molecule has 100 valence electrons. The van der Waals surface area contributed by atoms with E-state index in [9.17, 15) is 4.79 Å². The van der Waals surface area contributed by atoms with Crippen LogP contribution in [0.25, 0.3) is 11.0 Å². The Morgan fingerprint density at radius 3 is 3.16 bits per heavy atom. The van der Waals surface area contributed by atoms with Crippen LogP contribution >= 0.6 is 11.6 Å². The maximum Gasteiger partial charge on any atom is 0.242 e. The smallest absolute Gasteiger partial charge is 0.242 e. The number of carbonyl (C=O) groups is 1. The number of amides is 1. The first-order valence-corrected chi connectivity index (χ1v) is 6.49. The van der Waals surface area contributed by atoms with Crippen LogP contribution in [0.15, 0.2) is 6.20 Å². The molecule has 1 aliphatic heterocycles. The maximum atomic E-state index is 11.9. The van der Waals surface area contributed by atoms with E-state index in [2.05, 4.69) is 25.5 Å². The average molecular weight is 281 g/mol. The molecular weight excluding hydrogens is 268 g/mol. The van der Waals surface area contributed by atoms with Crippen LogP contribution in [-0.4, -0.2) is 45.2 Å². The first-order chi connectivity index (χ1) is 9.20. The van der Waals surface area contributed by atoms with Gasteiger partial charge in [-0.1, -0.05) is 6.92 Å². The van der Waals surface area contributed by atoms with Gasteiger partial charge in [0.2, 0.25) is 11.2 Å². The highest BCUT2D eigenvalue weighted by Crippen LogP contribution is 2.27. The zero-order chi connectivity index (χ0) is 13.4. The monoisotopic (exact) mass is 280 g/mol. The number of hydrogen-bond acceptors (Lipinski definition) is 5. The second-order valence-corrected chi connectivity index (χ2v) is 4.70. The molecule has 0 spiro atoms. The molecule has 2 N–H and O–H groups in total. The van der Waals surface area contributed by atoms with Gasteiger partial charge in [-0.25, -0.2) is 0 Å². The average Bonchev–Trinajstić information content (AvgIpc) is 2.85. The summed E-state index contributed by atoms with van der Waals surface area (Å²) in [5, 5.41) is 10.5. The Hall–Kier alpha value is -1.89. The number of aromatic nitrogens is 4. The van der Waals surface area contributed by atoms with Crippen LogP contribution in [0.5, 0.6) is 0 Å². The van der Waals surface area contributed by atoms with Gasteiger partial charge in [-0.3, -0.25) is 9.89 Å². The first-order valence-electron chi connectivity index (χ1n) is 6.11. The summed E-state index contributed by atoms with van der Waals surface area (Å²) < 4.78 is 0. The molecule has 1 fully saturated rings. The Kier molecular flexibility index (Phi) is 2.98. The van der Waals surface area contributed by atoms with E-state index in [0.717, 1.165) is 5.39 Å². The minimum Gasteiger partial charge on any atom is -0.353 e. The van der Waals surface area contributed by atoms with Crippen LogP contribution in [-0.2, 0) is 4.79 Å². The van der Waals surface area contributed by atoms with E-state index in [0.29, 0.717) is 31.0 Å². The lowest BCUT2D eigenvalue weighted by Crippen LogP contribution is -2.55. The van der Waals surface area contributed by atoms with Crippen molar-refractivity contribution in [1.29, 1.82) is 0 Å². The Bertz CT molecular complexity index is 627. The summed E-state index contributed by atoms with van der Waals surface area (Å²) in [6.45, 7) is 3.26. The van der Waals surface area contributed by atoms with Gasteiger partial charge in [-0.05, 0) is 18.0 Å². The minimum absolute atomic E-state index is 0.0140. The van der Waals surface area contributed by atoms with E-state index in [-0.39, 0.29) is 17.2 Å². The topological polar surface area (TPSA) is 86.8 Å². The lowest BCUT2D eigenvalue weighted by Gasteiger charge is -2.35. The van der Waals surface area contributed by atoms with Crippen LogP contribution in [0.1, 0.15) is 13.3 Å². The second kappa shape index (κ2) is 4.65. The van der Waals surface area contributed by atoms with Gasteiger partial charge in [0.25, 0.3) is 0 Å². The van der Waals surface area contributed by atoms with Gasteiger partial charge in [0.1, 0.15) is 11.9 Å². The third kappa shape index (κ3) is 1.99. The highest BCUT2D eigenvalue weighted by molar-refractivity contribution is 6.28. The van der Waals surface area contributed by atoms with Crippen molar-refractivity contribution in [3.8, 4) is 0 Å². The van der Waals surface area contributed by atoms with Crippen LogP contribution in [0.2, 0.25) is 5.28 Å². The number of aromatic amines is 1. The van der Waals surface area contributed by atoms with Crippen molar-refractivity contribution in [3.63, 3.8) is 0 Å². The zero-order valence-corrected chi connectivity index (χ0v) is 11.1. The van der Waals surface area contributed by atoms with E-state index in [1.807, 2.05) is 11.8 Å². The number of anilines is 1. The largest absolute Gasteiger partial charge is 0.353 e. The van der Waals surface area contributed by atoms with Gasteiger partial charge in [0.05, 0.1) is 11.6 Å². The molecule has 1 unspecified atom stereocenters. The van der Waals surface area contributed by atoms with Gasteiger partial charge >= 0.3 is 0 Å². The highest BCUT2D eigenvalue weighted by atomic mass is 35.5. The molecule has 1 aliphatic rings. The molecule has 0 radical (unpaired) electrons. The molecule has 7 nitrogen and oxygen atoms in total. The fraction of sp³-hybridized carbons (Fsp3) is 0.455. The van der Waals surface area contributed by atoms with Crippen LogP contribution in [0.4, 0.5) is 5.82 Å². The summed E-state index contributed by atoms with van der Waals surface area (Å²) in [6, 6.07) is -0.238. The van der Waals surface area contributed by atoms with E-state index in [1.54, 1.807) is 6.20 Å². The van der Waals surface area contributed by atoms with Gasteiger partial charge < -0.3 is 10.2 Å². The summed E-state index contributed by atoms with van der Waals surface area (Å²) in [5.74, 6) is 0.672. The van der Waals surface area contributed by atoms with Crippen molar-refractivity contribution in [2.24, 2.45) is 0 Å². The molecule has 2 aromatic heterocycles. The molecule has 1 atom stereocenters. The number of H-pyrrole nitrogens is 1. The number of rotatable bonds is 2. The summed E-state index contributed by atoms with van der Waals surface area (Å²) in [5.41, 5.74) is 0.579. The zero-order valence-electron chi connectivity index (χ0n) is 10.4. The van der Waals surface area contributed by atoms with Crippen LogP contribution in [0, 0.1) is 0 Å². The number of nitrogens with one attached hydrogen (secondary N) is 2. The number of piperazine rings is 1. The van der Waals surface area contributed by atoms with Crippen LogP contribution < -0.4 is 10.2 Å². The fourth-order valence-corrected chi connectivity index (χ4v) is 2.55. The Balaban J connectivity index is 2.11.